The van der Waals surface area contributed by atoms with Crippen molar-refractivity contribution in [1.29, 1.82) is 0 Å². The molecule has 0 unspecified atom stereocenters. The van der Waals surface area contributed by atoms with Crippen LogP contribution in [0.3, 0.4) is 0 Å². The van der Waals surface area contributed by atoms with Gasteiger partial charge in [0.1, 0.15) is 0 Å². The normalized spacial score (nSPS) is 19.2. The molecular weight excluding hydrogens is 215 g/mol. The molecule has 0 amide bonds. The minimum Gasteiger partial charge on any atom is -0.407 e. The van der Waals surface area contributed by atoms with Crippen molar-refractivity contribution in [3.63, 3.8) is 0 Å². The average molecular weight is 234 g/mol. The summed E-state index contributed by atoms with van der Waals surface area (Å²) in [5, 5.41) is 0. The van der Waals surface area contributed by atoms with E-state index < -0.39 is 0 Å². The van der Waals surface area contributed by atoms with Gasteiger partial charge < -0.3 is 14.2 Å². The molecule has 0 saturated carbocycles. The third kappa shape index (κ3) is 2.79. The zero-order chi connectivity index (χ0) is 12.5. The lowest BCUT2D eigenvalue weighted by molar-refractivity contribution is 0.0343. The Morgan fingerprint density at radius 2 is 1.94 bits per heavy atom. The van der Waals surface area contributed by atoms with Crippen LogP contribution in [0.25, 0.3) is 0 Å². The van der Waals surface area contributed by atoms with E-state index in [1.54, 1.807) is 6.20 Å². The topological polar surface area (TPSA) is 34.6 Å². The van der Waals surface area contributed by atoms with E-state index in [0.29, 0.717) is 13.2 Å². The van der Waals surface area contributed by atoms with E-state index in [2.05, 4.69) is 18.8 Å². The molecule has 2 heterocycles. The van der Waals surface area contributed by atoms with Gasteiger partial charge in [0.15, 0.2) is 0 Å². The fourth-order valence-electron chi connectivity index (χ4n) is 1.86. The maximum absolute atomic E-state index is 5.78. The molecule has 0 radical (unpaired) electrons. The fraction of sp³-hybridized carbons (Fsp3) is 0.583. The Labute approximate surface area is 103 Å². The van der Waals surface area contributed by atoms with E-state index in [0.717, 1.165) is 11.2 Å². The van der Waals surface area contributed by atoms with Crippen LogP contribution in [0, 0.1) is 5.41 Å². The quantitative estimate of drug-likeness (QED) is 0.712. The monoisotopic (exact) mass is 234 g/mol. The van der Waals surface area contributed by atoms with Crippen molar-refractivity contribution in [2.75, 3.05) is 32.2 Å². The predicted octanol–water partition coefficient (Wildman–Crippen LogP) is 0.916. The molecule has 1 aromatic heterocycles. The van der Waals surface area contributed by atoms with Gasteiger partial charge in [-0.3, -0.25) is 4.98 Å². The van der Waals surface area contributed by atoms with Gasteiger partial charge in [0.25, 0.3) is 0 Å². The van der Waals surface area contributed by atoms with E-state index >= 15 is 0 Å². The van der Waals surface area contributed by atoms with E-state index in [1.165, 1.54) is 0 Å². The molecule has 1 aromatic rings. The first-order valence-electron chi connectivity index (χ1n) is 5.84. The molecule has 1 aliphatic heterocycles. The molecule has 0 N–H and O–H groups in total. The second-order valence-corrected chi connectivity index (χ2v) is 5.45. The van der Waals surface area contributed by atoms with Gasteiger partial charge in [-0.25, -0.2) is 0 Å². The largest absolute Gasteiger partial charge is 0.497 e. The molecule has 1 saturated heterocycles. The van der Waals surface area contributed by atoms with Crippen LogP contribution in [-0.2, 0) is 9.31 Å². The zero-order valence-corrected chi connectivity index (χ0v) is 10.9. The molecule has 17 heavy (non-hydrogen) atoms. The molecule has 1 fully saturated rings. The average Bonchev–Trinajstić information content (AvgIpc) is 2.29. The van der Waals surface area contributed by atoms with Crippen molar-refractivity contribution in [3.05, 3.63) is 18.5 Å². The van der Waals surface area contributed by atoms with Crippen LogP contribution < -0.4 is 10.4 Å². The molecule has 0 aliphatic carbocycles. The molecule has 0 aromatic carbocycles. The lowest BCUT2D eigenvalue weighted by Crippen LogP contribution is -2.48. The highest BCUT2D eigenvalue weighted by Crippen LogP contribution is 2.22. The third-order valence-corrected chi connectivity index (χ3v) is 2.81. The van der Waals surface area contributed by atoms with Gasteiger partial charge in [-0.05, 0) is 6.07 Å². The van der Waals surface area contributed by atoms with Crippen LogP contribution in [0.2, 0.25) is 0 Å². The van der Waals surface area contributed by atoms with Crippen molar-refractivity contribution in [2.45, 2.75) is 13.8 Å². The van der Waals surface area contributed by atoms with Crippen LogP contribution in [0.15, 0.2) is 18.5 Å². The summed E-state index contributed by atoms with van der Waals surface area (Å²) in [5.41, 5.74) is 2.18. The van der Waals surface area contributed by atoms with Gasteiger partial charge in [-0.2, -0.15) is 0 Å². The Morgan fingerprint density at radius 1 is 1.29 bits per heavy atom. The highest BCUT2D eigenvalue weighted by atomic mass is 16.6. The Bertz CT molecular complexity index is 386. The van der Waals surface area contributed by atoms with Crippen LogP contribution in [0.5, 0.6) is 0 Å². The molecule has 4 nitrogen and oxygen atoms in total. The molecule has 2 rings (SSSR count). The Morgan fingerprint density at radius 3 is 2.53 bits per heavy atom. The summed E-state index contributed by atoms with van der Waals surface area (Å²) in [5.74, 6) is 0. The molecule has 0 atom stereocenters. The van der Waals surface area contributed by atoms with Gasteiger partial charge in [0, 0.05) is 56.3 Å². The smallest absolute Gasteiger partial charge is 0.407 e. The molecule has 5 heteroatoms. The first-order chi connectivity index (χ1) is 7.99. The summed E-state index contributed by atoms with van der Waals surface area (Å²) in [7, 11) is 3.71. The highest BCUT2D eigenvalue weighted by molar-refractivity contribution is 6.63. The maximum atomic E-state index is 5.78. The summed E-state index contributed by atoms with van der Waals surface area (Å²) < 4.78 is 11.6. The summed E-state index contributed by atoms with van der Waals surface area (Å²) in [6.07, 6.45) is 3.60. The molecule has 0 bridgehead atoms. The standard InChI is InChI=1S/C12H19BN2O2/c1-12(2)8-16-13(17-9-12)10-7-14-6-5-11(10)15(3)4/h5-7H,8-9H2,1-4H3. The fourth-order valence-corrected chi connectivity index (χ4v) is 1.86. The van der Waals surface area contributed by atoms with Crippen molar-refractivity contribution in [1.82, 2.24) is 4.98 Å². The number of hydrogen-bond donors (Lipinski definition) is 0. The lowest BCUT2D eigenvalue weighted by Gasteiger charge is -2.34. The molecular formula is C12H19BN2O2. The number of hydrogen-bond acceptors (Lipinski definition) is 4. The first kappa shape index (κ1) is 12.4. The van der Waals surface area contributed by atoms with Crippen LogP contribution in [-0.4, -0.2) is 39.4 Å². The number of nitrogens with zero attached hydrogens (tertiary/aromatic N) is 2. The number of pyridine rings is 1. The van der Waals surface area contributed by atoms with Crippen molar-refractivity contribution in [3.8, 4) is 0 Å². The zero-order valence-electron chi connectivity index (χ0n) is 10.9. The van der Waals surface area contributed by atoms with Crippen molar-refractivity contribution < 1.29 is 9.31 Å². The van der Waals surface area contributed by atoms with E-state index in [-0.39, 0.29) is 12.5 Å². The Kier molecular flexibility index (Phi) is 3.40. The third-order valence-electron chi connectivity index (χ3n) is 2.81. The van der Waals surface area contributed by atoms with Crippen molar-refractivity contribution in [2.24, 2.45) is 5.41 Å². The SMILES string of the molecule is CN(C)c1ccncc1B1OCC(C)(C)CO1. The van der Waals surface area contributed by atoms with E-state index in [9.17, 15) is 0 Å². The first-order valence-corrected chi connectivity index (χ1v) is 5.84. The maximum Gasteiger partial charge on any atom is 0.497 e. The van der Waals surface area contributed by atoms with Crippen molar-refractivity contribution >= 4 is 18.3 Å². The minimum absolute atomic E-state index is 0.0942. The Balaban J connectivity index is 2.18. The van der Waals surface area contributed by atoms with Crippen LogP contribution in [0.4, 0.5) is 5.69 Å². The summed E-state index contributed by atoms with van der Waals surface area (Å²) >= 11 is 0. The summed E-state index contributed by atoms with van der Waals surface area (Å²) in [6.45, 7) is 5.69. The predicted molar refractivity (Wildman–Crippen MR) is 69.6 cm³/mol. The number of anilines is 1. The second-order valence-electron chi connectivity index (χ2n) is 5.45. The van der Waals surface area contributed by atoms with Crippen LogP contribution in [0.1, 0.15) is 13.8 Å². The van der Waals surface area contributed by atoms with Gasteiger partial charge in [0.05, 0.1) is 0 Å². The number of rotatable bonds is 2. The lowest BCUT2D eigenvalue weighted by atomic mass is 9.75. The van der Waals surface area contributed by atoms with Gasteiger partial charge in [-0.15, -0.1) is 0 Å². The van der Waals surface area contributed by atoms with Gasteiger partial charge in [-0.1, -0.05) is 13.8 Å². The van der Waals surface area contributed by atoms with Gasteiger partial charge >= 0.3 is 7.12 Å². The Hall–Kier alpha value is -1.07. The second kappa shape index (κ2) is 4.66. The highest BCUT2D eigenvalue weighted by Gasteiger charge is 2.35. The molecule has 1 aliphatic rings. The number of aromatic nitrogens is 1. The van der Waals surface area contributed by atoms with Gasteiger partial charge in [0.2, 0.25) is 0 Å². The summed E-state index contributed by atoms with van der Waals surface area (Å²) in [4.78, 5) is 6.20. The molecule has 92 valence electrons. The van der Waals surface area contributed by atoms with E-state index in [1.807, 2.05) is 31.3 Å². The van der Waals surface area contributed by atoms with Crippen LogP contribution >= 0.6 is 0 Å². The molecule has 0 spiro atoms. The summed E-state index contributed by atoms with van der Waals surface area (Å²) in [6, 6.07) is 1.97. The minimum atomic E-state index is -0.297. The van der Waals surface area contributed by atoms with E-state index in [4.69, 9.17) is 9.31 Å².